The number of rotatable bonds is 6. The SMILES string of the molecule is CC(CNC(=O)C(C)Oc1ccccc1F)C(=O)O. The monoisotopic (exact) mass is 269 g/mol. The van der Waals surface area contributed by atoms with Crippen LogP contribution in [-0.2, 0) is 9.59 Å². The zero-order chi connectivity index (χ0) is 14.4. The maximum atomic E-state index is 13.3. The van der Waals surface area contributed by atoms with E-state index in [0.717, 1.165) is 0 Å². The third kappa shape index (κ3) is 4.57. The molecule has 0 aliphatic heterocycles. The molecule has 0 saturated heterocycles. The summed E-state index contributed by atoms with van der Waals surface area (Å²) in [5, 5.41) is 11.1. The van der Waals surface area contributed by atoms with Crippen LogP contribution in [0.15, 0.2) is 24.3 Å². The molecule has 0 saturated carbocycles. The fraction of sp³-hybridized carbons (Fsp3) is 0.385. The van der Waals surface area contributed by atoms with E-state index in [1.807, 2.05) is 0 Å². The Labute approximate surface area is 110 Å². The molecule has 1 aromatic carbocycles. The van der Waals surface area contributed by atoms with Gasteiger partial charge in [0.2, 0.25) is 0 Å². The van der Waals surface area contributed by atoms with E-state index in [1.54, 1.807) is 6.07 Å². The normalized spacial score (nSPS) is 13.4. The number of para-hydroxylation sites is 1. The molecule has 0 aromatic heterocycles. The van der Waals surface area contributed by atoms with Gasteiger partial charge in [0.05, 0.1) is 5.92 Å². The lowest BCUT2D eigenvalue weighted by Crippen LogP contribution is -2.39. The van der Waals surface area contributed by atoms with Gasteiger partial charge in [-0.2, -0.15) is 0 Å². The Morgan fingerprint density at radius 3 is 2.58 bits per heavy atom. The Morgan fingerprint density at radius 1 is 1.37 bits per heavy atom. The number of hydrogen-bond acceptors (Lipinski definition) is 3. The lowest BCUT2D eigenvalue weighted by atomic mass is 10.2. The third-order valence-electron chi connectivity index (χ3n) is 2.51. The van der Waals surface area contributed by atoms with E-state index >= 15 is 0 Å². The number of halogens is 1. The summed E-state index contributed by atoms with van der Waals surface area (Å²) in [6.45, 7) is 2.94. The lowest BCUT2D eigenvalue weighted by molar-refractivity contribution is -0.141. The standard InChI is InChI=1S/C13H16FNO4/c1-8(13(17)18)7-15-12(16)9(2)19-11-6-4-3-5-10(11)14/h3-6,8-9H,7H2,1-2H3,(H,15,16)(H,17,18). The van der Waals surface area contributed by atoms with Gasteiger partial charge in [-0.05, 0) is 19.1 Å². The van der Waals surface area contributed by atoms with Crippen molar-refractivity contribution in [2.24, 2.45) is 5.92 Å². The summed E-state index contributed by atoms with van der Waals surface area (Å²) in [6, 6.07) is 5.75. The van der Waals surface area contributed by atoms with E-state index in [2.05, 4.69) is 5.32 Å². The maximum Gasteiger partial charge on any atom is 0.308 e. The second kappa shape index (κ2) is 6.72. The second-order valence-electron chi connectivity index (χ2n) is 4.17. The van der Waals surface area contributed by atoms with Crippen LogP contribution in [0.2, 0.25) is 0 Å². The van der Waals surface area contributed by atoms with Crippen LogP contribution in [0.3, 0.4) is 0 Å². The molecule has 1 rings (SSSR count). The van der Waals surface area contributed by atoms with Crippen molar-refractivity contribution in [2.75, 3.05) is 6.54 Å². The van der Waals surface area contributed by atoms with E-state index in [-0.39, 0.29) is 12.3 Å². The molecule has 1 aromatic rings. The smallest absolute Gasteiger partial charge is 0.308 e. The van der Waals surface area contributed by atoms with E-state index < -0.39 is 29.7 Å². The van der Waals surface area contributed by atoms with E-state index in [4.69, 9.17) is 9.84 Å². The summed E-state index contributed by atoms with van der Waals surface area (Å²) >= 11 is 0. The average Bonchev–Trinajstić information content (AvgIpc) is 2.37. The number of carboxylic acids is 1. The molecule has 104 valence electrons. The molecule has 2 unspecified atom stereocenters. The number of amides is 1. The molecule has 6 heteroatoms. The number of carbonyl (C=O) groups excluding carboxylic acids is 1. The fourth-order valence-electron chi connectivity index (χ4n) is 1.27. The number of carboxylic acid groups (broad SMARTS) is 1. The van der Waals surface area contributed by atoms with Crippen molar-refractivity contribution in [1.82, 2.24) is 5.32 Å². The molecule has 0 aliphatic carbocycles. The summed E-state index contributed by atoms with van der Waals surface area (Å²) in [4.78, 5) is 22.2. The number of nitrogens with one attached hydrogen (secondary N) is 1. The summed E-state index contributed by atoms with van der Waals surface area (Å²) in [7, 11) is 0. The van der Waals surface area contributed by atoms with Gasteiger partial charge in [-0.15, -0.1) is 0 Å². The maximum absolute atomic E-state index is 13.3. The van der Waals surface area contributed by atoms with Crippen LogP contribution in [0, 0.1) is 11.7 Å². The number of ether oxygens (including phenoxy) is 1. The largest absolute Gasteiger partial charge is 0.481 e. The summed E-state index contributed by atoms with van der Waals surface area (Å²) < 4.78 is 18.5. The Morgan fingerprint density at radius 2 is 2.00 bits per heavy atom. The van der Waals surface area contributed by atoms with Gasteiger partial charge in [-0.1, -0.05) is 19.1 Å². The molecule has 2 N–H and O–H groups in total. The van der Waals surface area contributed by atoms with Gasteiger partial charge in [-0.3, -0.25) is 9.59 Å². The molecule has 0 spiro atoms. The quantitative estimate of drug-likeness (QED) is 0.819. The molecule has 1 amide bonds. The van der Waals surface area contributed by atoms with Crippen LogP contribution in [0.25, 0.3) is 0 Å². The lowest BCUT2D eigenvalue weighted by Gasteiger charge is -2.16. The summed E-state index contributed by atoms with van der Waals surface area (Å²) in [5.41, 5.74) is 0. The zero-order valence-corrected chi connectivity index (χ0v) is 10.7. The van der Waals surface area contributed by atoms with Gasteiger partial charge in [0.1, 0.15) is 0 Å². The van der Waals surface area contributed by atoms with E-state index in [0.29, 0.717) is 0 Å². The minimum Gasteiger partial charge on any atom is -0.481 e. The highest BCUT2D eigenvalue weighted by atomic mass is 19.1. The Kier molecular flexibility index (Phi) is 5.29. The molecule has 19 heavy (non-hydrogen) atoms. The van der Waals surface area contributed by atoms with Crippen molar-refractivity contribution in [1.29, 1.82) is 0 Å². The first kappa shape index (κ1) is 14.9. The highest BCUT2D eigenvalue weighted by Gasteiger charge is 2.18. The van der Waals surface area contributed by atoms with Gasteiger partial charge in [0.25, 0.3) is 5.91 Å². The predicted octanol–water partition coefficient (Wildman–Crippen LogP) is 1.43. The average molecular weight is 269 g/mol. The molecule has 5 nitrogen and oxygen atoms in total. The first-order valence-electron chi connectivity index (χ1n) is 5.83. The summed E-state index contributed by atoms with van der Waals surface area (Å²) in [5.74, 6) is -2.75. The Hall–Kier alpha value is -2.11. The van der Waals surface area contributed by atoms with Gasteiger partial charge in [0.15, 0.2) is 17.7 Å². The minimum absolute atomic E-state index is 0.000855. The first-order valence-corrected chi connectivity index (χ1v) is 5.83. The van der Waals surface area contributed by atoms with Crippen molar-refractivity contribution < 1.29 is 23.8 Å². The second-order valence-corrected chi connectivity index (χ2v) is 4.17. The van der Waals surface area contributed by atoms with Gasteiger partial charge in [0, 0.05) is 6.54 Å². The third-order valence-corrected chi connectivity index (χ3v) is 2.51. The van der Waals surface area contributed by atoms with Gasteiger partial charge in [-0.25, -0.2) is 4.39 Å². The van der Waals surface area contributed by atoms with E-state index in [1.165, 1.54) is 32.0 Å². The van der Waals surface area contributed by atoms with Crippen molar-refractivity contribution in [3.8, 4) is 5.75 Å². The topological polar surface area (TPSA) is 75.6 Å². The fourth-order valence-corrected chi connectivity index (χ4v) is 1.27. The van der Waals surface area contributed by atoms with Crippen LogP contribution in [-0.4, -0.2) is 29.6 Å². The van der Waals surface area contributed by atoms with E-state index in [9.17, 15) is 14.0 Å². The predicted molar refractivity (Wildman–Crippen MR) is 66.3 cm³/mol. The van der Waals surface area contributed by atoms with Gasteiger partial charge >= 0.3 is 5.97 Å². The molecular formula is C13H16FNO4. The molecule has 2 atom stereocenters. The Bertz CT molecular complexity index is 464. The molecule has 0 aliphatic rings. The van der Waals surface area contributed by atoms with Crippen molar-refractivity contribution in [2.45, 2.75) is 20.0 Å². The molecule has 0 radical (unpaired) electrons. The molecule has 0 fully saturated rings. The highest BCUT2D eigenvalue weighted by Crippen LogP contribution is 2.16. The molecule has 0 bridgehead atoms. The van der Waals surface area contributed by atoms with Crippen molar-refractivity contribution >= 4 is 11.9 Å². The van der Waals surface area contributed by atoms with Crippen molar-refractivity contribution in [3.63, 3.8) is 0 Å². The zero-order valence-electron chi connectivity index (χ0n) is 10.7. The number of aliphatic carboxylic acids is 1. The van der Waals surface area contributed by atoms with Crippen molar-refractivity contribution in [3.05, 3.63) is 30.1 Å². The summed E-state index contributed by atoms with van der Waals surface area (Å²) in [6.07, 6.45) is -0.905. The number of carbonyl (C=O) groups is 2. The van der Waals surface area contributed by atoms with Crippen LogP contribution >= 0.6 is 0 Å². The van der Waals surface area contributed by atoms with Crippen LogP contribution < -0.4 is 10.1 Å². The minimum atomic E-state index is -0.997. The van der Waals surface area contributed by atoms with Gasteiger partial charge < -0.3 is 15.2 Å². The van der Waals surface area contributed by atoms with Crippen LogP contribution in [0.1, 0.15) is 13.8 Å². The number of benzene rings is 1. The highest BCUT2D eigenvalue weighted by molar-refractivity contribution is 5.81. The number of hydrogen-bond donors (Lipinski definition) is 2. The molecular weight excluding hydrogens is 253 g/mol. The van der Waals surface area contributed by atoms with Crippen LogP contribution in [0.5, 0.6) is 5.75 Å². The molecule has 0 heterocycles. The Balaban J connectivity index is 2.50. The van der Waals surface area contributed by atoms with Crippen LogP contribution in [0.4, 0.5) is 4.39 Å². The first-order chi connectivity index (χ1) is 8.91.